The summed E-state index contributed by atoms with van der Waals surface area (Å²) in [6.45, 7) is 2.42. The number of hydrogen-bond acceptors (Lipinski definition) is 10. The van der Waals surface area contributed by atoms with Gasteiger partial charge >= 0.3 is 0 Å². The van der Waals surface area contributed by atoms with E-state index in [1.807, 2.05) is 4.90 Å². The molecule has 0 saturated carbocycles. The summed E-state index contributed by atoms with van der Waals surface area (Å²) in [6.07, 6.45) is 1.43. The lowest BCUT2D eigenvalue weighted by molar-refractivity contribution is 0.122. The fourth-order valence-corrected chi connectivity index (χ4v) is 3.01. The van der Waals surface area contributed by atoms with Crippen LogP contribution in [0.5, 0.6) is 11.5 Å². The first kappa shape index (κ1) is 21.2. The number of nitrogens with zero attached hydrogens (tertiary/aromatic N) is 5. The zero-order valence-corrected chi connectivity index (χ0v) is 17.3. The monoisotopic (exact) mass is 439 g/mol. The third-order valence-electron chi connectivity index (χ3n) is 4.64. The largest absolute Gasteiger partial charge is 0.504 e. The van der Waals surface area contributed by atoms with E-state index in [-0.39, 0.29) is 23.5 Å². The topological polar surface area (TPSA) is 117 Å². The molecule has 0 bridgehead atoms. The number of morpholine rings is 1. The van der Waals surface area contributed by atoms with E-state index in [4.69, 9.17) is 9.47 Å². The zero-order chi connectivity index (χ0) is 22.3. The van der Waals surface area contributed by atoms with Crippen LogP contribution in [0, 0.1) is 5.82 Å². The third-order valence-corrected chi connectivity index (χ3v) is 4.64. The number of ether oxygens (including phenoxy) is 2. The Morgan fingerprint density at radius 3 is 2.59 bits per heavy atom. The number of rotatable bonds is 7. The molecule has 0 aliphatic carbocycles. The summed E-state index contributed by atoms with van der Waals surface area (Å²) < 4.78 is 23.7. The molecule has 32 heavy (non-hydrogen) atoms. The van der Waals surface area contributed by atoms with Crippen LogP contribution in [-0.2, 0) is 4.74 Å². The van der Waals surface area contributed by atoms with Crippen LogP contribution in [0.4, 0.5) is 27.9 Å². The van der Waals surface area contributed by atoms with E-state index in [2.05, 4.69) is 30.8 Å². The number of para-hydroxylation sites is 1. The summed E-state index contributed by atoms with van der Waals surface area (Å²) >= 11 is 0. The molecule has 10 nitrogen and oxygen atoms in total. The van der Waals surface area contributed by atoms with Crippen LogP contribution in [0.25, 0.3) is 0 Å². The number of aromatic nitrogens is 3. The van der Waals surface area contributed by atoms with E-state index >= 15 is 0 Å². The minimum absolute atomic E-state index is 0.0242. The number of nitrogens with one attached hydrogen (secondary N) is 2. The quantitative estimate of drug-likeness (QED) is 0.377. The van der Waals surface area contributed by atoms with Gasteiger partial charge in [-0.05, 0) is 36.4 Å². The lowest BCUT2D eigenvalue weighted by atomic mass is 10.2. The Morgan fingerprint density at radius 1 is 1.09 bits per heavy atom. The molecule has 1 aliphatic rings. The van der Waals surface area contributed by atoms with Crippen LogP contribution in [0.15, 0.2) is 47.6 Å². The first-order chi connectivity index (χ1) is 15.6. The summed E-state index contributed by atoms with van der Waals surface area (Å²) in [5, 5.41) is 17.4. The Labute approximate surface area is 183 Å². The van der Waals surface area contributed by atoms with Crippen LogP contribution < -0.4 is 20.4 Å². The van der Waals surface area contributed by atoms with Gasteiger partial charge in [0.1, 0.15) is 5.82 Å². The smallest absolute Gasteiger partial charge is 0.250 e. The highest BCUT2D eigenvalue weighted by Gasteiger charge is 2.17. The Balaban J connectivity index is 1.57. The van der Waals surface area contributed by atoms with Gasteiger partial charge < -0.3 is 24.8 Å². The Hall–Kier alpha value is -3.99. The lowest BCUT2D eigenvalue weighted by Crippen LogP contribution is -2.37. The molecule has 3 N–H and O–H groups in total. The van der Waals surface area contributed by atoms with E-state index in [0.717, 1.165) is 0 Å². The normalized spacial score (nSPS) is 13.9. The van der Waals surface area contributed by atoms with E-state index in [0.29, 0.717) is 49.3 Å². The lowest BCUT2D eigenvalue weighted by Gasteiger charge is -2.27. The van der Waals surface area contributed by atoms with Crippen molar-refractivity contribution in [1.82, 2.24) is 15.0 Å². The Bertz CT molecular complexity index is 1090. The second-order valence-electron chi connectivity index (χ2n) is 6.78. The first-order valence-corrected chi connectivity index (χ1v) is 9.89. The molecule has 2 heterocycles. The SMILES string of the molecule is COc1cccc(/C=N/Nc2nc(Nc3ccc(F)cc3)nc(N3CCOCC3)n2)c1O. The van der Waals surface area contributed by atoms with Crippen LogP contribution in [0.1, 0.15) is 5.56 Å². The molecule has 2 aromatic carbocycles. The van der Waals surface area contributed by atoms with Crippen molar-refractivity contribution in [3.05, 3.63) is 53.8 Å². The molecule has 0 atom stereocenters. The van der Waals surface area contributed by atoms with E-state index in [1.54, 1.807) is 30.3 Å². The number of phenols is 1. The zero-order valence-electron chi connectivity index (χ0n) is 17.3. The van der Waals surface area contributed by atoms with Gasteiger partial charge in [0.25, 0.3) is 0 Å². The molecule has 11 heteroatoms. The number of phenolic OH excluding ortho intramolecular Hbond substituents is 1. The number of aromatic hydroxyl groups is 1. The third kappa shape index (κ3) is 5.19. The molecule has 1 aromatic heterocycles. The predicted molar refractivity (Wildman–Crippen MR) is 118 cm³/mol. The highest BCUT2D eigenvalue weighted by Crippen LogP contribution is 2.28. The maximum absolute atomic E-state index is 13.2. The number of hydrogen-bond donors (Lipinski definition) is 3. The van der Waals surface area contributed by atoms with Gasteiger partial charge in [-0.2, -0.15) is 20.1 Å². The van der Waals surface area contributed by atoms with Gasteiger partial charge in [0.05, 0.1) is 26.5 Å². The van der Waals surface area contributed by atoms with Crippen molar-refractivity contribution >= 4 is 29.7 Å². The van der Waals surface area contributed by atoms with Crippen molar-refractivity contribution in [2.75, 3.05) is 49.1 Å². The summed E-state index contributed by atoms with van der Waals surface area (Å²) in [5.41, 5.74) is 3.86. The van der Waals surface area contributed by atoms with Gasteiger partial charge in [0, 0.05) is 24.3 Å². The molecule has 0 amide bonds. The van der Waals surface area contributed by atoms with Crippen molar-refractivity contribution < 1.29 is 19.0 Å². The summed E-state index contributed by atoms with van der Waals surface area (Å²) in [7, 11) is 1.47. The molecule has 166 valence electrons. The number of anilines is 4. The average Bonchev–Trinajstić information content (AvgIpc) is 2.82. The number of halogens is 1. The molecule has 1 fully saturated rings. The van der Waals surface area contributed by atoms with Gasteiger partial charge in [-0.3, -0.25) is 0 Å². The molecular weight excluding hydrogens is 417 g/mol. The highest BCUT2D eigenvalue weighted by atomic mass is 19.1. The van der Waals surface area contributed by atoms with Crippen LogP contribution in [0.3, 0.4) is 0 Å². The van der Waals surface area contributed by atoms with E-state index in [1.165, 1.54) is 25.5 Å². The first-order valence-electron chi connectivity index (χ1n) is 9.89. The van der Waals surface area contributed by atoms with Gasteiger partial charge in [-0.15, -0.1) is 0 Å². The standard InChI is InChI=1S/C21H22FN7O3/c1-31-17-4-2-3-14(18(17)30)13-23-28-20-25-19(24-16-7-5-15(22)6-8-16)26-21(27-20)29-9-11-32-12-10-29/h2-8,13,30H,9-12H2,1H3,(H2,24,25,26,27,28)/b23-13+. The summed E-state index contributed by atoms with van der Waals surface area (Å²) in [6, 6.07) is 10.9. The van der Waals surface area contributed by atoms with Gasteiger partial charge in [0.2, 0.25) is 17.8 Å². The Kier molecular flexibility index (Phi) is 6.56. The Morgan fingerprint density at radius 2 is 1.84 bits per heavy atom. The van der Waals surface area contributed by atoms with Crippen molar-refractivity contribution in [2.24, 2.45) is 5.10 Å². The van der Waals surface area contributed by atoms with Gasteiger partial charge in [-0.1, -0.05) is 6.07 Å². The maximum atomic E-state index is 13.2. The molecule has 0 unspecified atom stereocenters. The predicted octanol–water partition coefficient (Wildman–Crippen LogP) is 2.75. The van der Waals surface area contributed by atoms with Crippen molar-refractivity contribution in [1.29, 1.82) is 0 Å². The maximum Gasteiger partial charge on any atom is 0.250 e. The van der Waals surface area contributed by atoms with Crippen LogP contribution in [0.2, 0.25) is 0 Å². The minimum atomic E-state index is -0.335. The molecular formula is C21H22FN7O3. The van der Waals surface area contributed by atoms with Crippen molar-refractivity contribution in [3.63, 3.8) is 0 Å². The highest BCUT2D eigenvalue weighted by molar-refractivity contribution is 5.85. The van der Waals surface area contributed by atoms with Crippen molar-refractivity contribution in [2.45, 2.75) is 0 Å². The number of benzene rings is 2. The second kappa shape index (κ2) is 9.88. The van der Waals surface area contributed by atoms with Crippen LogP contribution >= 0.6 is 0 Å². The molecule has 1 saturated heterocycles. The number of methoxy groups -OCH3 is 1. The fourth-order valence-electron chi connectivity index (χ4n) is 3.01. The molecule has 3 aromatic rings. The molecule has 1 aliphatic heterocycles. The molecule has 4 rings (SSSR count). The number of hydrazone groups is 1. The van der Waals surface area contributed by atoms with E-state index < -0.39 is 0 Å². The second-order valence-corrected chi connectivity index (χ2v) is 6.78. The van der Waals surface area contributed by atoms with Crippen LogP contribution in [-0.4, -0.2) is 59.7 Å². The van der Waals surface area contributed by atoms with Crippen molar-refractivity contribution in [3.8, 4) is 11.5 Å². The average molecular weight is 439 g/mol. The minimum Gasteiger partial charge on any atom is -0.504 e. The van der Waals surface area contributed by atoms with E-state index in [9.17, 15) is 9.50 Å². The summed E-state index contributed by atoms with van der Waals surface area (Å²) in [4.78, 5) is 15.2. The fraction of sp³-hybridized carbons (Fsp3) is 0.238. The van der Waals surface area contributed by atoms with Gasteiger partial charge in [-0.25, -0.2) is 9.82 Å². The van der Waals surface area contributed by atoms with Gasteiger partial charge in [0.15, 0.2) is 11.5 Å². The molecule has 0 spiro atoms. The summed E-state index contributed by atoms with van der Waals surface area (Å²) in [5.74, 6) is 0.908. The molecule has 0 radical (unpaired) electrons.